The van der Waals surface area contributed by atoms with E-state index in [2.05, 4.69) is 10.1 Å². The van der Waals surface area contributed by atoms with Crippen LogP contribution in [0.3, 0.4) is 0 Å². The highest BCUT2D eigenvalue weighted by Gasteiger charge is 2.23. The molecule has 0 saturated heterocycles. The third kappa shape index (κ3) is 3.45. The Bertz CT molecular complexity index is 1340. The molecule has 0 amide bonds. The first-order valence-corrected chi connectivity index (χ1v) is 9.74. The van der Waals surface area contributed by atoms with Gasteiger partial charge in [0.15, 0.2) is 17.2 Å². The summed E-state index contributed by atoms with van der Waals surface area (Å²) in [5, 5.41) is 14.8. The lowest BCUT2D eigenvalue weighted by Gasteiger charge is -2.15. The van der Waals surface area contributed by atoms with Crippen LogP contribution < -0.4 is 5.56 Å². The summed E-state index contributed by atoms with van der Waals surface area (Å²) in [6.45, 7) is 3.33. The highest BCUT2D eigenvalue weighted by Crippen LogP contribution is 2.36. The van der Waals surface area contributed by atoms with Crippen molar-refractivity contribution in [3.63, 3.8) is 0 Å². The Balaban J connectivity index is 1.80. The number of nitrogens with zero attached hydrogens (tertiary/aromatic N) is 3. The van der Waals surface area contributed by atoms with E-state index >= 15 is 0 Å². The van der Waals surface area contributed by atoms with E-state index in [4.69, 9.17) is 16.0 Å². The number of hydrogen-bond acceptors (Lipinski definition) is 5. The predicted octanol–water partition coefficient (Wildman–Crippen LogP) is 4.49. The Morgan fingerprint density at radius 1 is 1.17 bits per heavy atom. The van der Waals surface area contributed by atoms with Gasteiger partial charge in [0.05, 0.1) is 5.56 Å². The fraction of sp³-hybridized carbons (Fsp3) is 0.227. The van der Waals surface area contributed by atoms with Gasteiger partial charge in [0.1, 0.15) is 17.0 Å². The summed E-state index contributed by atoms with van der Waals surface area (Å²) in [5.74, 6) is -0.398. The first kappa shape index (κ1) is 20.1. The van der Waals surface area contributed by atoms with Crippen LogP contribution in [0.2, 0.25) is 5.02 Å². The van der Waals surface area contributed by atoms with Crippen LogP contribution in [0.1, 0.15) is 22.7 Å². The SMILES string of the molecule is Cc1nc2ccc(CCc3c(Cl)ccc(F)c3-c3c(O)c(C)nn(C)c3=O)cc2o1. The molecule has 0 radical (unpaired) electrons. The zero-order chi connectivity index (χ0) is 21.6. The lowest BCUT2D eigenvalue weighted by molar-refractivity contribution is 0.460. The third-order valence-corrected chi connectivity index (χ3v) is 5.42. The summed E-state index contributed by atoms with van der Waals surface area (Å²) in [4.78, 5) is 17.0. The Kier molecular flexibility index (Phi) is 5.07. The predicted molar refractivity (Wildman–Crippen MR) is 112 cm³/mol. The van der Waals surface area contributed by atoms with Gasteiger partial charge in [-0.3, -0.25) is 4.79 Å². The molecule has 6 nitrogen and oxygen atoms in total. The van der Waals surface area contributed by atoms with Crippen molar-refractivity contribution in [3.05, 3.63) is 74.2 Å². The average molecular weight is 428 g/mol. The molecule has 0 aliphatic carbocycles. The second-order valence-corrected chi connectivity index (χ2v) is 7.56. The Morgan fingerprint density at radius 3 is 2.70 bits per heavy atom. The highest BCUT2D eigenvalue weighted by molar-refractivity contribution is 6.31. The molecule has 0 saturated carbocycles. The Labute approximate surface area is 176 Å². The number of oxazole rings is 1. The van der Waals surface area contributed by atoms with E-state index in [1.165, 1.54) is 19.2 Å². The third-order valence-electron chi connectivity index (χ3n) is 5.07. The van der Waals surface area contributed by atoms with Crippen LogP contribution in [-0.2, 0) is 19.9 Å². The molecule has 0 atom stereocenters. The van der Waals surface area contributed by atoms with Crippen molar-refractivity contribution < 1.29 is 13.9 Å². The van der Waals surface area contributed by atoms with Gasteiger partial charge in [-0.1, -0.05) is 17.7 Å². The molecular weight excluding hydrogens is 409 g/mol. The molecule has 2 aromatic carbocycles. The molecule has 0 bridgehead atoms. The molecule has 2 aromatic heterocycles. The number of aryl methyl sites for hydroxylation is 4. The van der Waals surface area contributed by atoms with Crippen LogP contribution in [-0.4, -0.2) is 19.9 Å². The molecule has 1 N–H and O–H groups in total. The Hall–Kier alpha value is -3.19. The van der Waals surface area contributed by atoms with Gasteiger partial charge in [-0.05, 0) is 55.2 Å². The van der Waals surface area contributed by atoms with Crippen molar-refractivity contribution in [2.45, 2.75) is 26.7 Å². The largest absolute Gasteiger partial charge is 0.505 e. The van der Waals surface area contributed by atoms with Crippen LogP contribution in [0.15, 0.2) is 39.5 Å². The molecule has 4 aromatic rings. The molecule has 2 heterocycles. The first-order valence-electron chi connectivity index (χ1n) is 9.36. The molecular formula is C22H19ClFN3O3. The van der Waals surface area contributed by atoms with Crippen molar-refractivity contribution in [3.8, 4) is 16.9 Å². The molecule has 30 heavy (non-hydrogen) atoms. The minimum atomic E-state index is -0.631. The quantitative estimate of drug-likeness (QED) is 0.519. The normalized spacial score (nSPS) is 11.4. The van der Waals surface area contributed by atoms with Gasteiger partial charge >= 0.3 is 0 Å². The van der Waals surface area contributed by atoms with Gasteiger partial charge in [0.2, 0.25) is 0 Å². The molecule has 0 aliphatic heterocycles. The second-order valence-electron chi connectivity index (χ2n) is 7.16. The maximum Gasteiger partial charge on any atom is 0.278 e. The summed E-state index contributed by atoms with van der Waals surface area (Å²) >= 11 is 6.40. The smallest absolute Gasteiger partial charge is 0.278 e. The summed E-state index contributed by atoms with van der Waals surface area (Å²) in [7, 11) is 1.45. The molecule has 0 unspecified atom stereocenters. The van der Waals surface area contributed by atoms with Gasteiger partial charge in [-0.15, -0.1) is 0 Å². The highest BCUT2D eigenvalue weighted by atomic mass is 35.5. The standard InChI is InChI=1S/C22H19ClFN3O3/c1-11-21(28)20(22(29)27(3)26-11)19-14(15(23)7-8-16(19)24)6-4-13-5-9-17-18(10-13)30-12(2)25-17/h5,7-10,28H,4,6H2,1-3H3. The maximum absolute atomic E-state index is 14.9. The summed E-state index contributed by atoms with van der Waals surface area (Å²) < 4.78 is 21.6. The topological polar surface area (TPSA) is 81.2 Å². The van der Waals surface area contributed by atoms with E-state index in [1.54, 1.807) is 13.8 Å². The molecule has 0 fully saturated rings. The monoisotopic (exact) mass is 427 g/mol. The van der Waals surface area contributed by atoms with Gasteiger partial charge in [0, 0.05) is 24.6 Å². The van der Waals surface area contributed by atoms with Gasteiger partial charge in [0.25, 0.3) is 5.56 Å². The lowest BCUT2D eigenvalue weighted by Crippen LogP contribution is -2.23. The summed E-state index contributed by atoms with van der Waals surface area (Å²) in [6, 6.07) is 8.32. The lowest BCUT2D eigenvalue weighted by atomic mass is 9.94. The summed E-state index contributed by atoms with van der Waals surface area (Å²) in [6.07, 6.45) is 0.880. The minimum absolute atomic E-state index is 0.00249. The number of aromatic hydroxyl groups is 1. The van der Waals surface area contributed by atoms with E-state index in [1.807, 2.05) is 18.2 Å². The van der Waals surface area contributed by atoms with Crippen molar-refractivity contribution in [1.82, 2.24) is 14.8 Å². The van der Waals surface area contributed by atoms with E-state index in [0.717, 1.165) is 15.8 Å². The summed E-state index contributed by atoms with van der Waals surface area (Å²) in [5.41, 5.74) is 2.33. The van der Waals surface area contributed by atoms with Gasteiger partial charge in [-0.25, -0.2) is 14.1 Å². The number of hydrogen-bond donors (Lipinski definition) is 1. The fourth-order valence-electron chi connectivity index (χ4n) is 3.60. The average Bonchev–Trinajstić information content (AvgIpc) is 3.07. The van der Waals surface area contributed by atoms with Crippen molar-refractivity contribution in [2.24, 2.45) is 7.05 Å². The fourth-order valence-corrected chi connectivity index (χ4v) is 3.86. The van der Waals surface area contributed by atoms with Gasteiger partial charge in [-0.2, -0.15) is 5.10 Å². The minimum Gasteiger partial charge on any atom is -0.505 e. The van der Waals surface area contributed by atoms with E-state index in [0.29, 0.717) is 34.9 Å². The van der Waals surface area contributed by atoms with E-state index in [-0.39, 0.29) is 22.6 Å². The molecule has 0 aliphatic rings. The first-order chi connectivity index (χ1) is 14.3. The zero-order valence-corrected chi connectivity index (χ0v) is 17.4. The Morgan fingerprint density at radius 2 is 1.93 bits per heavy atom. The molecule has 154 valence electrons. The van der Waals surface area contributed by atoms with Crippen LogP contribution >= 0.6 is 11.6 Å². The van der Waals surface area contributed by atoms with Gasteiger partial charge < -0.3 is 9.52 Å². The maximum atomic E-state index is 14.9. The number of fused-ring (bicyclic) bond motifs is 1. The van der Waals surface area contributed by atoms with Crippen molar-refractivity contribution >= 4 is 22.7 Å². The molecule has 4 rings (SSSR count). The van der Waals surface area contributed by atoms with Crippen LogP contribution in [0.5, 0.6) is 5.75 Å². The zero-order valence-electron chi connectivity index (χ0n) is 16.7. The van der Waals surface area contributed by atoms with Crippen molar-refractivity contribution in [1.29, 1.82) is 0 Å². The number of rotatable bonds is 4. The molecule has 0 spiro atoms. The van der Waals surface area contributed by atoms with Crippen LogP contribution in [0.4, 0.5) is 4.39 Å². The number of halogens is 2. The van der Waals surface area contributed by atoms with Crippen LogP contribution in [0.25, 0.3) is 22.2 Å². The number of aromatic nitrogens is 3. The van der Waals surface area contributed by atoms with E-state index in [9.17, 15) is 14.3 Å². The van der Waals surface area contributed by atoms with Crippen LogP contribution in [0, 0.1) is 19.7 Å². The van der Waals surface area contributed by atoms with Crippen molar-refractivity contribution in [2.75, 3.05) is 0 Å². The molecule has 8 heteroatoms. The number of benzene rings is 2. The second kappa shape index (κ2) is 7.57. The van der Waals surface area contributed by atoms with E-state index < -0.39 is 11.4 Å².